The Morgan fingerprint density at radius 2 is 2.27 bits per heavy atom. The van der Waals surface area contributed by atoms with Crippen molar-refractivity contribution >= 4 is 42.5 Å². The Morgan fingerprint density at radius 1 is 1.41 bits per heavy atom. The van der Waals surface area contributed by atoms with Gasteiger partial charge in [0.05, 0.1) is 12.2 Å². The number of amides is 1. The van der Waals surface area contributed by atoms with Crippen LogP contribution in [-0.4, -0.2) is 51.6 Å². The van der Waals surface area contributed by atoms with E-state index in [4.69, 9.17) is 0 Å². The van der Waals surface area contributed by atoms with E-state index >= 15 is 0 Å². The Labute approximate surface area is 148 Å². The van der Waals surface area contributed by atoms with Gasteiger partial charge in [0.1, 0.15) is 0 Å². The zero-order valence-corrected chi connectivity index (χ0v) is 14.9. The van der Waals surface area contributed by atoms with Crippen molar-refractivity contribution in [3.63, 3.8) is 0 Å². The first-order valence-electron chi connectivity index (χ1n) is 7.44. The van der Waals surface area contributed by atoms with Gasteiger partial charge in [0, 0.05) is 48.8 Å². The van der Waals surface area contributed by atoms with Crippen LogP contribution in [0.25, 0.3) is 0 Å². The van der Waals surface area contributed by atoms with E-state index in [1.54, 1.807) is 0 Å². The van der Waals surface area contributed by atoms with E-state index in [1.165, 1.54) is 6.42 Å². The van der Waals surface area contributed by atoms with Gasteiger partial charge in [-0.15, -0.1) is 24.8 Å². The maximum Gasteiger partial charge on any atom is 0.224 e. The number of H-pyrrole nitrogens is 1. The summed E-state index contributed by atoms with van der Waals surface area (Å²) in [6.07, 6.45) is 7.76. The molecule has 22 heavy (non-hydrogen) atoms. The van der Waals surface area contributed by atoms with Crippen LogP contribution in [0.3, 0.4) is 0 Å². The summed E-state index contributed by atoms with van der Waals surface area (Å²) in [7, 11) is 0. The van der Waals surface area contributed by atoms with E-state index in [-0.39, 0.29) is 36.8 Å². The van der Waals surface area contributed by atoms with Crippen molar-refractivity contribution in [3.8, 4) is 0 Å². The molecular weight excluding hydrogens is 343 g/mol. The minimum Gasteiger partial charge on any atom is -0.335 e. The molecule has 2 N–H and O–H groups in total. The first-order chi connectivity index (χ1) is 9.84. The molecule has 2 atom stereocenters. The third-order valence-electron chi connectivity index (χ3n) is 4.15. The van der Waals surface area contributed by atoms with Crippen LogP contribution in [0, 0.1) is 0 Å². The summed E-state index contributed by atoms with van der Waals surface area (Å²) in [5.41, 5.74) is 1.14. The van der Waals surface area contributed by atoms with Gasteiger partial charge in [-0.1, -0.05) is 0 Å². The van der Waals surface area contributed by atoms with Crippen LogP contribution in [-0.2, 0) is 4.79 Å². The van der Waals surface area contributed by atoms with Gasteiger partial charge in [0.2, 0.25) is 5.91 Å². The second-order valence-electron chi connectivity index (χ2n) is 5.56. The SMILES string of the molecule is Cl.Cl.O=C(CC1CSCCN1)N1CCCCC1c1cn[nH]c1. The van der Waals surface area contributed by atoms with E-state index in [2.05, 4.69) is 20.4 Å². The Balaban J connectivity index is 0.00000121. The Morgan fingerprint density at radius 3 is 2.95 bits per heavy atom. The summed E-state index contributed by atoms with van der Waals surface area (Å²) in [5.74, 6) is 2.50. The quantitative estimate of drug-likeness (QED) is 0.861. The van der Waals surface area contributed by atoms with E-state index in [0.717, 1.165) is 43.0 Å². The second kappa shape index (κ2) is 9.65. The first-order valence-corrected chi connectivity index (χ1v) is 8.59. The average molecular weight is 367 g/mol. The number of hydrogen-bond acceptors (Lipinski definition) is 4. The molecule has 0 aromatic carbocycles. The molecule has 126 valence electrons. The summed E-state index contributed by atoms with van der Waals surface area (Å²) < 4.78 is 0. The lowest BCUT2D eigenvalue weighted by molar-refractivity contribution is -0.135. The highest BCUT2D eigenvalue weighted by Crippen LogP contribution is 2.31. The van der Waals surface area contributed by atoms with Crippen molar-refractivity contribution in [1.29, 1.82) is 0 Å². The van der Waals surface area contributed by atoms with Gasteiger partial charge in [0.25, 0.3) is 0 Å². The summed E-state index contributed by atoms with van der Waals surface area (Å²) in [5, 5.41) is 10.3. The fourth-order valence-corrected chi connectivity index (χ4v) is 4.05. The molecule has 0 bridgehead atoms. The van der Waals surface area contributed by atoms with Crippen LogP contribution < -0.4 is 5.32 Å². The normalized spacial score (nSPS) is 25.0. The summed E-state index contributed by atoms with van der Waals surface area (Å²) in [4.78, 5) is 14.7. The number of aromatic amines is 1. The van der Waals surface area contributed by atoms with E-state index in [9.17, 15) is 4.79 Å². The highest BCUT2D eigenvalue weighted by atomic mass is 35.5. The molecule has 1 amide bonds. The number of aromatic nitrogens is 2. The van der Waals surface area contributed by atoms with Gasteiger partial charge in [-0.3, -0.25) is 9.89 Å². The molecule has 1 aromatic heterocycles. The van der Waals surface area contributed by atoms with Crippen molar-refractivity contribution in [2.45, 2.75) is 37.8 Å². The van der Waals surface area contributed by atoms with Gasteiger partial charge in [-0.2, -0.15) is 16.9 Å². The van der Waals surface area contributed by atoms with Gasteiger partial charge >= 0.3 is 0 Å². The molecule has 3 rings (SSSR count). The van der Waals surface area contributed by atoms with Crippen LogP contribution >= 0.6 is 36.6 Å². The fraction of sp³-hybridized carbons (Fsp3) is 0.714. The molecule has 2 unspecified atom stereocenters. The number of carbonyl (C=O) groups excluding carboxylic acids is 1. The number of rotatable bonds is 3. The molecule has 2 aliphatic heterocycles. The molecule has 8 heteroatoms. The minimum atomic E-state index is 0. The molecule has 2 saturated heterocycles. The smallest absolute Gasteiger partial charge is 0.224 e. The predicted molar refractivity (Wildman–Crippen MR) is 95.1 cm³/mol. The minimum absolute atomic E-state index is 0. The molecule has 1 aromatic rings. The zero-order valence-electron chi connectivity index (χ0n) is 12.5. The Hall–Kier alpha value is -0.430. The maximum absolute atomic E-state index is 12.6. The van der Waals surface area contributed by atoms with E-state index in [1.807, 2.05) is 24.2 Å². The molecule has 0 spiro atoms. The second-order valence-corrected chi connectivity index (χ2v) is 6.71. The summed E-state index contributed by atoms with van der Waals surface area (Å²) >= 11 is 1.94. The number of hydrogen-bond donors (Lipinski definition) is 2. The molecule has 0 saturated carbocycles. The number of carbonyl (C=O) groups is 1. The predicted octanol–water partition coefficient (Wildman–Crippen LogP) is 2.40. The average Bonchev–Trinajstić information content (AvgIpc) is 3.02. The van der Waals surface area contributed by atoms with Crippen LogP contribution in [0.15, 0.2) is 12.4 Å². The van der Waals surface area contributed by atoms with Crippen LogP contribution in [0.5, 0.6) is 0 Å². The number of halogens is 2. The molecule has 3 heterocycles. The highest BCUT2D eigenvalue weighted by Gasteiger charge is 2.30. The molecule has 0 aliphatic carbocycles. The van der Waals surface area contributed by atoms with Gasteiger partial charge in [-0.05, 0) is 19.3 Å². The largest absolute Gasteiger partial charge is 0.335 e. The highest BCUT2D eigenvalue weighted by molar-refractivity contribution is 7.99. The first kappa shape index (κ1) is 19.6. The van der Waals surface area contributed by atoms with Gasteiger partial charge in [0.15, 0.2) is 0 Å². The van der Waals surface area contributed by atoms with Crippen LogP contribution in [0.2, 0.25) is 0 Å². The number of nitrogens with one attached hydrogen (secondary N) is 2. The number of thioether (sulfide) groups is 1. The standard InChI is InChI=1S/C14H22N4OS.2ClH/c19-14(7-12-10-20-6-4-15-12)18-5-2-1-3-13(18)11-8-16-17-9-11;;/h8-9,12-13,15H,1-7,10H2,(H,16,17);2*1H. The molecule has 5 nitrogen and oxygen atoms in total. The van der Waals surface area contributed by atoms with Crippen molar-refractivity contribution in [2.75, 3.05) is 24.6 Å². The molecule has 0 radical (unpaired) electrons. The van der Waals surface area contributed by atoms with Gasteiger partial charge in [-0.25, -0.2) is 0 Å². The van der Waals surface area contributed by atoms with Crippen molar-refractivity contribution in [1.82, 2.24) is 20.4 Å². The van der Waals surface area contributed by atoms with Crippen LogP contribution in [0.4, 0.5) is 0 Å². The summed E-state index contributed by atoms with van der Waals surface area (Å²) in [6.45, 7) is 1.91. The van der Waals surface area contributed by atoms with Crippen molar-refractivity contribution in [3.05, 3.63) is 18.0 Å². The number of likely N-dealkylation sites (tertiary alicyclic amines) is 1. The topological polar surface area (TPSA) is 61.0 Å². The van der Waals surface area contributed by atoms with E-state index in [0.29, 0.717) is 12.5 Å². The third-order valence-corrected chi connectivity index (χ3v) is 5.28. The third kappa shape index (κ3) is 4.78. The van der Waals surface area contributed by atoms with Crippen molar-refractivity contribution in [2.24, 2.45) is 0 Å². The zero-order chi connectivity index (χ0) is 13.8. The molecular formula is C14H24Cl2N4OS. The van der Waals surface area contributed by atoms with Crippen LogP contribution in [0.1, 0.15) is 37.3 Å². The molecule has 2 aliphatic rings. The maximum atomic E-state index is 12.6. The monoisotopic (exact) mass is 366 g/mol. The van der Waals surface area contributed by atoms with Gasteiger partial charge < -0.3 is 10.2 Å². The lowest BCUT2D eigenvalue weighted by atomic mass is 9.96. The van der Waals surface area contributed by atoms with Crippen molar-refractivity contribution < 1.29 is 4.79 Å². The Bertz CT molecular complexity index is 440. The summed E-state index contributed by atoms with van der Waals surface area (Å²) in [6, 6.07) is 0.555. The number of nitrogens with zero attached hydrogens (tertiary/aromatic N) is 2. The molecule has 2 fully saturated rings. The number of piperidine rings is 1. The lowest BCUT2D eigenvalue weighted by Gasteiger charge is -2.36. The lowest BCUT2D eigenvalue weighted by Crippen LogP contribution is -2.44. The fourth-order valence-electron chi connectivity index (χ4n) is 3.10. The van der Waals surface area contributed by atoms with E-state index < -0.39 is 0 Å². The Kier molecular flexibility index (Phi) is 8.61.